The normalized spacial score (nSPS) is 14.4. The maximum atomic E-state index is 9.79. The molecule has 1 rings (SSSR count). The first-order valence-corrected chi connectivity index (χ1v) is 7.15. The number of aliphatic hydroxyl groups is 1. The molecule has 0 aliphatic heterocycles. The molecule has 2 unspecified atom stereocenters. The average molecular weight is 291 g/mol. The van der Waals surface area contributed by atoms with Gasteiger partial charge in [-0.1, -0.05) is 23.7 Å². The smallest absolute Gasteiger partial charge is 0.0867 e. The summed E-state index contributed by atoms with van der Waals surface area (Å²) in [6.45, 7) is 2.75. The van der Waals surface area contributed by atoms with Crippen LogP contribution in [0.3, 0.4) is 0 Å². The van der Waals surface area contributed by atoms with Gasteiger partial charge in [0.25, 0.3) is 0 Å². The van der Waals surface area contributed by atoms with Gasteiger partial charge in [-0.25, -0.2) is 0 Å². The Kier molecular flexibility index (Phi) is 7.70. The molecule has 1 N–H and O–H groups in total. The standard InChI is InChI=1S/C13H19ClO3S/c1-10(7-16-2)17-8-11(15)9-18-13-6-4-3-5-12(13)14/h3-6,10-11,15H,7-9H2,1-2H3. The molecule has 0 aliphatic carbocycles. The van der Waals surface area contributed by atoms with Crippen molar-refractivity contribution in [2.24, 2.45) is 0 Å². The molecule has 1 aromatic rings. The Balaban J connectivity index is 2.25. The highest BCUT2D eigenvalue weighted by atomic mass is 35.5. The van der Waals surface area contributed by atoms with Crippen LogP contribution in [-0.2, 0) is 9.47 Å². The van der Waals surface area contributed by atoms with Gasteiger partial charge in [0.1, 0.15) is 0 Å². The molecular weight excluding hydrogens is 272 g/mol. The molecule has 0 fully saturated rings. The molecule has 0 heterocycles. The lowest BCUT2D eigenvalue weighted by Crippen LogP contribution is -2.24. The second-order valence-electron chi connectivity index (χ2n) is 3.99. The molecule has 1 aromatic carbocycles. The van der Waals surface area contributed by atoms with E-state index in [0.717, 1.165) is 4.90 Å². The Morgan fingerprint density at radius 2 is 2.06 bits per heavy atom. The van der Waals surface area contributed by atoms with Crippen molar-refractivity contribution in [2.75, 3.05) is 26.1 Å². The lowest BCUT2D eigenvalue weighted by atomic mass is 10.4. The Morgan fingerprint density at radius 3 is 2.72 bits per heavy atom. The van der Waals surface area contributed by atoms with E-state index in [0.29, 0.717) is 24.0 Å². The Morgan fingerprint density at radius 1 is 1.33 bits per heavy atom. The summed E-state index contributed by atoms with van der Waals surface area (Å²) in [5, 5.41) is 10.5. The van der Waals surface area contributed by atoms with Gasteiger partial charge in [-0.05, 0) is 19.1 Å². The first-order chi connectivity index (χ1) is 8.63. The summed E-state index contributed by atoms with van der Waals surface area (Å²) in [6.07, 6.45) is -0.513. The Bertz CT molecular complexity index is 349. The predicted molar refractivity (Wildman–Crippen MR) is 75.5 cm³/mol. The summed E-state index contributed by atoms with van der Waals surface area (Å²) < 4.78 is 10.4. The van der Waals surface area contributed by atoms with Crippen molar-refractivity contribution < 1.29 is 14.6 Å². The topological polar surface area (TPSA) is 38.7 Å². The highest BCUT2D eigenvalue weighted by molar-refractivity contribution is 7.99. The second-order valence-corrected chi connectivity index (χ2v) is 5.46. The fraction of sp³-hybridized carbons (Fsp3) is 0.538. The number of hydrogen-bond acceptors (Lipinski definition) is 4. The molecule has 0 amide bonds. The molecule has 5 heteroatoms. The van der Waals surface area contributed by atoms with E-state index in [4.69, 9.17) is 21.1 Å². The van der Waals surface area contributed by atoms with Crippen LogP contribution in [0.15, 0.2) is 29.2 Å². The van der Waals surface area contributed by atoms with Crippen molar-refractivity contribution in [3.8, 4) is 0 Å². The summed E-state index contributed by atoms with van der Waals surface area (Å²) in [6, 6.07) is 7.59. The van der Waals surface area contributed by atoms with Gasteiger partial charge in [0, 0.05) is 17.8 Å². The molecule has 0 saturated carbocycles. The van der Waals surface area contributed by atoms with Crippen LogP contribution >= 0.6 is 23.4 Å². The fourth-order valence-electron chi connectivity index (χ4n) is 1.35. The van der Waals surface area contributed by atoms with Crippen LogP contribution in [0.2, 0.25) is 5.02 Å². The van der Waals surface area contributed by atoms with E-state index in [1.807, 2.05) is 31.2 Å². The molecular formula is C13H19ClO3S. The van der Waals surface area contributed by atoms with Gasteiger partial charge in [-0.15, -0.1) is 11.8 Å². The summed E-state index contributed by atoms with van der Waals surface area (Å²) in [4.78, 5) is 0.975. The van der Waals surface area contributed by atoms with Crippen molar-refractivity contribution in [1.82, 2.24) is 0 Å². The van der Waals surface area contributed by atoms with Gasteiger partial charge < -0.3 is 14.6 Å². The number of hydrogen-bond donors (Lipinski definition) is 1. The van der Waals surface area contributed by atoms with Gasteiger partial charge in [-0.2, -0.15) is 0 Å². The number of rotatable bonds is 8. The summed E-state index contributed by atoms with van der Waals surface area (Å²) in [7, 11) is 1.63. The SMILES string of the molecule is COCC(C)OCC(O)CSc1ccccc1Cl. The van der Waals surface area contributed by atoms with Gasteiger partial charge >= 0.3 is 0 Å². The van der Waals surface area contributed by atoms with Gasteiger partial charge in [0.2, 0.25) is 0 Å². The van der Waals surface area contributed by atoms with Crippen molar-refractivity contribution >= 4 is 23.4 Å². The predicted octanol–water partition coefficient (Wildman–Crippen LogP) is 2.84. The highest BCUT2D eigenvalue weighted by Gasteiger charge is 2.09. The van der Waals surface area contributed by atoms with Crippen LogP contribution in [0.1, 0.15) is 6.92 Å². The van der Waals surface area contributed by atoms with Crippen molar-refractivity contribution in [2.45, 2.75) is 24.0 Å². The van der Waals surface area contributed by atoms with E-state index in [1.165, 1.54) is 11.8 Å². The largest absolute Gasteiger partial charge is 0.390 e. The lowest BCUT2D eigenvalue weighted by molar-refractivity contribution is -0.0257. The maximum Gasteiger partial charge on any atom is 0.0867 e. The fourth-order valence-corrected chi connectivity index (χ4v) is 2.50. The average Bonchev–Trinajstić information content (AvgIpc) is 2.36. The molecule has 0 saturated heterocycles. The van der Waals surface area contributed by atoms with Crippen LogP contribution in [0, 0.1) is 0 Å². The van der Waals surface area contributed by atoms with Gasteiger partial charge in [0.05, 0.1) is 30.4 Å². The minimum Gasteiger partial charge on any atom is -0.390 e. The molecule has 0 radical (unpaired) electrons. The number of methoxy groups -OCH3 is 1. The molecule has 18 heavy (non-hydrogen) atoms. The van der Waals surface area contributed by atoms with Crippen LogP contribution in [0.25, 0.3) is 0 Å². The van der Waals surface area contributed by atoms with Crippen LogP contribution in [0.5, 0.6) is 0 Å². The minimum absolute atomic E-state index is 0.00466. The third kappa shape index (κ3) is 6.07. The number of aliphatic hydroxyl groups excluding tert-OH is 1. The molecule has 0 aromatic heterocycles. The molecule has 102 valence electrons. The van der Waals surface area contributed by atoms with Crippen LogP contribution < -0.4 is 0 Å². The highest BCUT2D eigenvalue weighted by Crippen LogP contribution is 2.26. The molecule has 2 atom stereocenters. The Hall–Kier alpha value is -0.260. The van der Waals surface area contributed by atoms with Crippen molar-refractivity contribution in [3.05, 3.63) is 29.3 Å². The maximum absolute atomic E-state index is 9.79. The third-order valence-electron chi connectivity index (χ3n) is 2.24. The second kappa shape index (κ2) is 8.77. The van der Waals surface area contributed by atoms with E-state index in [9.17, 15) is 5.11 Å². The molecule has 0 spiro atoms. The van der Waals surface area contributed by atoms with E-state index >= 15 is 0 Å². The number of halogens is 1. The Labute approximate surface area is 117 Å². The molecule has 0 aliphatic rings. The monoisotopic (exact) mass is 290 g/mol. The minimum atomic E-state index is -0.509. The lowest BCUT2D eigenvalue weighted by Gasteiger charge is -2.15. The van der Waals surface area contributed by atoms with Crippen LogP contribution in [0.4, 0.5) is 0 Å². The first kappa shape index (κ1) is 15.8. The molecule has 0 bridgehead atoms. The van der Waals surface area contributed by atoms with Crippen molar-refractivity contribution in [1.29, 1.82) is 0 Å². The number of thioether (sulfide) groups is 1. The van der Waals surface area contributed by atoms with E-state index in [2.05, 4.69) is 0 Å². The number of ether oxygens (including phenoxy) is 2. The quantitative estimate of drug-likeness (QED) is 0.747. The number of benzene rings is 1. The third-order valence-corrected chi connectivity index (χ3v) is 3.90. The van der Waals surface area contributed by atoms with Crippen molar-refractivity contribution in [3.63, 3.8) is 0 Å². The molecule has 3 nitrogen and oxygen atoms in total. The zero-order chi connectivity index (χ0) is 13.4. The summed E-state index contributed by atoms with van der Waals surface area (Å²) in [5.74, 6) is 0.559. The van der Waals surface area contributed by atoms with Crippen LogP contribution in [-0.4, -0.2) is 43.4 Å². The summed E-state index contributed by atoms with van der Waals surface area (Å²) in [5.41, 5.74) is 0. The van der Waals surface area contributed by atoms with E-state index in [-0.39, 0.29) is 6.10 Å². The van der Waals surface area contributed by atoms with Gasteiger partial charge in [-0.3, -0.25) is 0 Å². The van der Waals surface area contributed by atoms with E-state index < -0.39 is 6.10 Å². The van der Waals surface area contributed by atoms with E-state index in [1.54, 1.807) is 7.11 Å². The zero-order valence-electron chi connectivity index (χ0n) is 10.6. The summed E-state index contributed by atoms with van der Waals surface area (Å²) >= 11 is 7.55. The van der Waals surface area contributed by atoms with Gasteiger partial charge in [0.15, 0.2) is 0 Å². The zero-order valence-corrected chi connectivity index (χ0v) is 12.2. The first-order valence-electron chi connectivity index (χ1n) is 5.79.